The van der Waals surface area contributed by atoms with Crippen molar-refractivity contribution in [2.75, 3.05) is 16.9 Å². The summed E-state index contributed by atoms with van der Waals surface area (Å²) in [6.45, 7) is 2.04. The summed E-state index contributed by atoms with van der Waals surface area (Å²) in [5.74, 6) is 6.64. The number of aromatic nitrogens is 3. The monoisotopic (exact) mass is 325 g/mol. The predicted molar refractivity (Wildman–Crippen MR) is 85.0 cm³/mol. The van der Waals surface area contributed by atoms with E-state index in [4.69, 9.17) is 17.4 Å². The number of benzene rings is 1. The molecule has 0 atom stereocenters. The normalized spacial score (nSPS) is 10.6. The summed E-state index contributed by atoms with van der Waals surface area (Å²) < 4.78 is 1.43. The van der Waals surface area contributed by atoms with E-state index in [1.807, 2.05) is 6.92 Å². The van der Waals surface area contributed by atoms with Crippen LogP contribution in [0.25, 0.3) is 0 Å². The van der Waals surface area contributed by atoms with E-state index in [0.717, 1.165) is 18.7 Å². The van der Waals surface area contributed by atoms with Gasteiger partial charge in [-0.3, -0.25) is 4.79 Å². The molecule has 0 aliphatic heterocycles. The van der Waals surface area contributed by atoms with Gasteiger partial charge in [0, 0.05) is 17.1 Å². The first-order chi connectivity index (χ1) is 10.1. The molecular weight excluding hydrogens is 310 g/mol. The van der Waals surface area contributed by atoms with Crippen LogP contribution in [0.2, 0.25) is 5.02 Å². The summed E-state index contributed by atoms with van der Waals surface area (Å²) >= 11 is 7.10. The molecule has 0 spiro atoms. The molecule has 3 N–H and O–H groups in total. The lowest BCUT2D eigenvalue weighted by Crippen LogP contribution is -2.17. The molecule has 0 bridgehead atoms. The molecule has 2 rings (SSSR count). The summed E-state index contributed by atoms with van der Waals surface area (Å²) in [4.78, 5) is 11.9. The minimum atomic E-state index is -0.151. The zero-order chi connectivity index (χ0) is 15.2. The number of hydrogen-bond acceptors (Lipinski definition) is 5. The van der Waals surface area contributed by atoms with E-state index in [1.165, 1.54) is 16.4 Å². The molecule has 1 aromatic heterocycles. The Kier molecular flexibility index (Phi) is 5.46. The van der Waals surface area contributed by atoms with E-state index < -0.39 is 0 Å². The van der Waals surface area contributed by atoms with Crippen LogP contribution in [0.4, 0.5) is 5.69 Å². The van der Waals surface area contributed by atoms with Gasteiger partial charge < -0.3 is 11.2 Å². The van der Waals surface area contributed by atoms with Crippen LogP contribution in [-0.2, 0) is 11.2 Å². The fourth-order valence-electron chi connectivity index (χ4n) is 1.69. The van der Waals surface area contributed by atoms with Crippen LogP contribution in [0.3, 0.4) is 0 Å². The molecule has 2 aromatic rings. The Labute approximate surface area is 132 Å². The van der Waals surface area contributed by atoms with Crippen LogP contribution in [0, 0.1) is 0 Å². The summed E-state index contributed by atoms with van der Waals surface area (Å²) in [6.07, 6.45) is 1.70. The molecule has 1 aromatic carbocycles. The number of thioether (sulfide) groups is 1. The van der Waals surface area contributed by atoms with Gasteiger partial charge in [0.15, 0.2) is 5.82 Å². The van der Waals surface area contributed by atoms with Crippen LogP contribution in [-0.4, -0.2) is 26.5 Å². The molecule has 0 aliphatic rings. The van der Waals surface area contributed by atoms with Gasteiger partial charge in [0.1, 0.15) is 0 Å². The SMILES string of the molecule is CCCc1nnc(SCC(=O)Nc2cccc(Cl)c2)n1N. The highest BCUT2D eigenvalue weighted by atomic mass is 35.5. The molecule has 0 aliphatic carbocycles. The van der Waals surface area contributed by atoms with Crippen LogP contribution in [0.15, 0.2) is 29.4 Å². The highest BCUT2D eigenvalue weighted by Crippen LogP contribution is 2.17. The van der Waals surface area contributed by atoms with E-state index in [9.17, 15) is 4.79 Å². The van der Waals surface area contributed by atoms with Crippen molar-refractivity contribution in [3.05, 3.63) is 35.1 Å². The number of carbonyl (C=O) groups excluding carboxylic acids is 1. The Balaban J connectivity index is 1.89. The molecular formula is C13H16ClN5OS. The Morgan fingerprint density at radius 3 is 3.00 bits per heavy atom. The van der Waals surface area contributed by atoms with Gasteiger partial charge in [0.25, 0.3) is 0 Å². The smallest absolute Gasteiger partial charge is 0.234 e. The number of hydrogen-bond donors (Lipinski definition) is 2. The third kappa shape index (κ3) is 4.37. The van der Waals surface area contributed by atoms with E-state index in [-0.39, 0.29) is 11.7 Å². The second-order valence-corrected chi connectivity index (χ2v) is 5.74. The van der Waals surface area contributed by atoms with E-state index in [1.54, 1.807) is 24.3 Å². The number of halogens is 1. The third-order valence-electron chi connectivity index (χ3n) is 2.65. The topological polar surface area (TPSA) is 85.8 Å². The van der Waals surface area contributed by atoms with Gasteiger partial charge in [-0.05, 0) is 24.6 Å². The summed E-state index contributed by atoms with van der Waals surface area (Å²) in [7, 11) is 0. The quantitative estimate of drug-likeness (QED) is 0.629. The maximum Gasteiger partial charge on any atom is 0.234 e. The van der Waals surface area contributed by atoms with Crippen molar-refractivity contribution < 1.29 is 4.79 Å². The van der Waals surface area contributed by atoms with Crippen LogP contribution in [0.1, 0.15) is 19.2 Å². The number of nitrogens with zero attached hydrogens (tertiary/aromatic N) is 3. The van der Waals surface area contributed by atoms with Crippen molar-refractivity contribution in [3.8, 4) is 0 Å². The zero-order valence-electron chi connectivity index (χ0n) is 11.5. The van der Waals surface area contributed by atoms with Crippen LogP contribution >= 0.6 is 23.4 Å². The minimum absolute atomic E-state index is 0.151. The summed E-state index contributed by atoms with van der Waals surface area (Å²) in [6, 6.07) is 6.99. The fourth-order valence-corrected chi connectivity index (χ4v) is 2.56. The average Bonchev–Trinajstić information content (AvgIpc) is 2.78. The molecule has 0 radical (unpaired) electrons. The van der Waals surface area contributed by atoms with Crippen molar-refractivity contribution in [2.45, 2.75) is 24.9 Å². The standard InChI is InChI=1S/C13H16ClN5OS/c1-2-4-11-17-18-13(19(11)15)21-8-12(20)16-10-6-3-5-9(14)7-10/h3,5-7H,2,4,8,15H2,1H3,(H,16,20). The molecule has 8 heteroatoms. The Hall–Kier alpha value is -1.73. The van der Waals surface area contributed by atoms with Gasteiger partial charge >= 0.3 is 0 Å². The molecule has 0 saturated carbocycles. The molecule has 6 nitrogen and oxygen atoms in total. The first kappa shape index (κ1) is 15.7. The Bertz CT molecular complexity index is 631. The molecule has 0 unspecified atom stereocenters. The maximum atomic E-state index is 11.9. The number of anilines is 1. The largest absolute Gasteiger partial charge is 0.336 e. The second-order valence-electron chi connectivity index (χ2n) is 4.37. The molecule has 112 valence electrons. The number of nitrogens with two attached hydrogens (primary N) is 1. The molecule has 21 heavy (non-hydrogen) atoms. The van der Waals surface area contributed by atoms with Gasteiger partial charge in [-0.25, -0.2) is 4.68 Å². The first-order valence-corrected chi connectivity index (χ1v) is 7.84. The lowest BCUT2D eigenvalue weighted by Gasteiger charge is -2.05. The van der Waals surface area contributed by atoms with Crippen molar-refractivity contribution in [2.24, 2.45) is 0 Å². The number of amides is 1. The Morgan fingerprint density at radius 1 is 1.48 bits per heavy atom. The maximum absolute atomic E-state index is 11.9. The van der Waals surface area contributed by atoms with Gasteiger partial charge in [0.05, 0.1) is 5.75 Å². The predicted octanol–water partition coefficient (Wildman–Crippen LogP) is 2.33. The van der Waals surface area contributed by atoms with Gasteiger partial charge in [-0.1, -0.05) is 36.4 Å². The van der Waals surface area contributed by atoms with Gasteiger partial charge in [0.2, 0.25) is 11.1 Å². The lowest BCUT2D eigenvalue weighted by molar-refractivity contribution is -0.113. The van der Waals surface area contributed by atoms with Crippen molar-refractivity contribution in [1.82, 2.24) is 14.9 Å². The van der Waals surface area contributed by atoms with Crippen molar-refractivity contribution in [1.29, 1.82) is 0 Å². The minimum Gasteiger partial charge on any atom is -0.336 e. The average molecular weight is 326 g/mol. The second kappa shape index (κ2) is 7.33. The molecule has 1 amide bonds. The first-order valence-electron chi connectivity index (χ1n) is 6.47. The van der Waals surface area contributed by atoms with Crippen LogP contribution in [0.5, 0.6) is 0 Å². The Morgan fingerprint density at radius 2 is 2.29 bits per heavy atom. The summed E-state index contributed by atoms with van der Waals surface area (Å²) in [5, 5.41) is 11.8. The van der Waals surface area contributed by atoms with Gasteiger partial charge in [-0.15, -0.1) is 10.2 Å². The van der Waals surface area contributed by atoms with E-state index >= 15 is 0 Å². The fraction of sp³-hybridized carbons (Fsp3) is 0.308. The molecule has 1 heterocycles. The molecule has 0 fully saturated rings. The number of nitrogens with one attached hydrogen (secondary N) is 1. The third-order valence-corrected chi connectivity index (χ3v) is 3.83. The molecule has 0 saturated heterocycles. The van der Waals surface area contributed by atoms with Crippen molar-refractivity contribution >= 4 is 35.0 Å². The number of nitrogen functional groups attached to an aromatic ring is 1. The number of aryl methyl sites for hydroxylation is 1. The van der Waals surface area contributed by atoms with Crippen LogP contribution < -0.4 is 11.2 Å². The highest BCUT2D eigenvalue weighted by Gasteiger charge is 2.11. The zero-order valence-corrected chi connectivity index (χ0v) is 13.1. The lowest BCUT2D eigenvalue weighted by atomic mass is 10.3. The van der Waals surface area contributed by atoms with Gasteiger partial charge in [-0.2, -0.15) is 0 Å². The van der Waals surface area contributed by atoms with E-state index in [2.05, 4.69) is 15.5 Å². The summed E-state index contributed by atoms with van der Waals surface area (Å²) in [5.41, 5.74) is 0.661. The highest BCUT2D eigenvalue weighted by molar-refractivity contribution is 7.99. The number of carbonyl (C=O) groups is 1. The van der Waals surface area contributed by atoms with E-state index in [0.29, 0.717) is 15.9 Å². The number of rotatable bonds is 6. The van der Waals surface area contributed by atoms with Crippen molar-refractivity contribution in [3.63, 3.8) is 0 Å².